The van der Waals surface area contributed by atoms with Crippen LogP contribution in [0.4, 0.5) is 0 Å². The lowest BCUT2D eigenvalue weighted by Gasteiger charge is -2.12. The van der Waals surface area contributed by atoms with Crippen LogP contribution in [-0.4, -0.2) is 5.78 Å². The summed E-state index contributed by atoms with van der Waals surface area (Å²) in [6.45, 7) is 4.25. The second-order valence-corrected chi connectivity index (χ2v) is 6.19. The van der Waals surface area contributed by atoms with Crippen LogP contribution in [0.2, 0.25) is 0 Å². The molecule has 3 aromatic rings. The van der Waals surface area contributed by atoms with Gasteiger partial charge in [0.15, 0.2) is 5.78 Å². The zero-order valence-corrected chi connectivity index (χ0v) is 13.8. The summed E-state index contributed by atoms with van der Waals surface area (Å²) in [7, 11) is 0. The Morgan fingerprint density at radius 1 is 0.913 bits per heavy atom. The minimum atomic E-state index is 0.216. The molecule has 0 aliphatic rings. The van der Waals surface area contributed by atoms with Gasteiger partial charge in [0.05, 0.1) is 0 Å². The monoisotopic (exact) mass is 302 g/mol. The molecule has 0 saturated carbocycles. The molecule has 1 heteroatoms. The largest absolute Gasteiger partial charge is 0.294 e. The molecule has 0 N–H and O–H groups in total. The summed E-state index contributed by atoms with van der Waals surface area (Å²) in [4.78, 5) is 12.5. The number of carbonyl (C=O) groups excluding carboxylic acids is 1. The van der Waals surface area contributed by atoms with Crippen molar-refractivity contribution >= 4 is 16.6 Å². The molecule has 0 fully saturated rings. The predicted molar refractivity (Wildman–Crippen MR) is 97.1 cm³/mol. The number of carbonyl (C=O) groups is 1. The van der Waals surface area contributed by atoms with Gasteiger partial charge in [0.1, 0.15) is 0 Å². The Labute approximate surface area is 138 Å². The van der Waals surface area contributed by atoms with E-state index in [-0.39, 0.29) is 11.7 Å². The molecule has 0 saturated heterocycles. The highest BCUT2D eigenvalue weighted by Crippen LogP contribution is 2.25. The molecular weight excluding hydrogens is 280 g/mol. The Bertz CT molecular complexity index is 815. The van der Waals surface area contributed by atoms with Crippen molar-refractivity contribution in [1.29, 1.82) is 0 Å². The molecule has 1 atom stereocenters. The molecule has 116 valence electrons. The predicted octanol–water partition coefficient (Wildman–Crippen LogP) is 5.78. The molecule has 0 radical (unpaired) electrons. The molecule has 3 rings (SSSR count). The summed E-state index contributed by atoms with van der Waals surface area (Å²) < 4.78 is 0. The zero-order valence-electron chi connectivity index (χ0n) is 13.8. The Kier molecular flexibility index (Phi) is 4.57. The minimum absolute atomic E-state index is 0.216. The Hall–Kier alpha value is -2.41. The fraction of sp³-hybridized carbons (Fsp3) is 0.227. The Morgan fingerprint density at radius 3 is 2.30 bits per heavy atom. The smallest absolute Gasteiger partial charge is 0.163 e. The highest BCUT2D eigenvalue weighted by atomic mass is 16.1. The van der Waals surface area contributed by atoms with Gasteiger partial charge in [-0.15, -0.1) is 0 Å². The van der Waals surface area contributed by atoms with Gasteiger partial charge in [0.2, 0.25) is 0 Å². The van der Waals surface area contributed by atoms with Gasteiger partial charge in [-0.05, 0) is 34.2 Å². The molecule has 1 nitrogen and oxygen atoms in total. The first kappa shape index (κ1) is 15.5. The van der Waals surface area contributed by atoms with Gasteiger partial charge in [-0.2, -0.15) is 0 Å². The minimum Gasteiger partial charge on any atom is -0.294 e. The van der Waals surface area contributed by atoms with Crippen molar-refractivity contribution in [2.24, 2.45) is 0 Å². The van der Waals surface area contributed by atoms with E-state index in [0.717, 1.165) is 12.0 Å². The van der Waals surface area contributed by atoms with Gasteiger partial charge < -0.3 is 0 Å². The van der Waals surface area contributed by atoms with Crippen molar-refractivity contribution in [3.63, 3.8) is 0 Å². The molecule has 0 heterocycles. The van der Waals surface area contributed by atoms with E-state index in [4.69, 9.17) is 0 Å². The van der Waals surface area contributed by atoms with Crippen LogP contribution in [0, 0.1) is 0 Å². The molecule has 0 spiro atoms. The van der Waals surface area contributed by atoms with Crippen LogP contribution in [0.25, 0.3) is 10.8 Å². The lowest BCUT2D eigenvalue weighted by Crippen LogP contribution is -2.05. The fourth-order valence-electron chi connectivity index (χ4n) is 2.95. The van der Waals surface area contributed by atoms with Crippen LogP contribution in [0.1, 0.15) is 47.7 Å². The highest BCUT2D eigenvalue weighted by molar-refractivity contribution is 5.96. The fourth-order valence-corrected chi connectivity index (χ4v) is 2.95. The average molecular weight is 302 g/mol. The lowest BCUT2D eigenvalue weighted by molar-refractivity contribution is 0.0975. The van der Waals surface area contributed by atoms with Gasteiger partial charge in [-0.3, -0.25) is 4.79 Å². The van der Waals surface area contributed by atoms with Gasteiger partial charge in [-0.25, -0.2) is 0 Å². The number of aryl methyl sites for hydroxylation is 1. The molecule has 1 unspecified atom stereocenters. The Morgan fingerprint density at radius 2 is 1.61 bits per heavy atom. The summed E-state index contributed by atoms with van der Waals surface area (Å²) >= 11 is 0. The second-order valence-electron chi connectivity index (χ2n) is 6.19. The third kappa shape index (κ3) is 3.50. The van der Waals surface area contributed by atoms with E-state index in [1.165, 1.54) is 21.9 Å². The molecule has 0 aliphatic carbocycles. The first-order valence-electron chi connectivity index (χ1n) is 8.28. The molecule has 0 bridgehead atoms. The standard InChI is InChI=1S/C22H22O/c1-3-17-8-10-19(11-9-17)22(23)14-16(2)20-13-12-18-6-4-5-7-21(18)15-20/h4-13,15-16H,3,14H2,1-2H3. The molecular formula is C22H22O. The number of rotatable bonds is 5. The lowest BCUT2D eigenvalue weighted by atomic mass is 9.91. The van der Waals surface area contributed by atoms with E-state index in [1.807, 2.05) is 24.3 Å². The summed E-state index contributed by atoms with van der Waals surface area (Å²) in [5.41, 5.74) is 3.31. The number of Topliss-reactive ketones (excluding diaryl/α,β-unsaturated/α-hetero) is 1. The number of hydrogen-bond donors (Lipinski definition) is 0. The second kappa shape index (κ2) is 6.78. The topological polar surface area (TPSA) is 17.1 Å². The van der Waals surface area contributed by atoms with Crippen LogP contribution in [0.3, 0.4) is 0 Å². The van der Waals surface area contributed by atoms with Crippen LogP contribution in [-0.2, 0) is 6.42 Å². The molecule has 0 amide bonds. The van der Waals surface area contributed by atoms with E-state index in [0.29, 0.717) is 6.42 Å². The van der Waals surface area contributed by atoms with E-state index in [2.05, 4.69) is 56.3 Å². The summed E-state index contributed by atoms with van der Waals surface area (Å²) in [6, 6.07) is 22.8. The van der Waals surface area contributed by atoms with Crippen molar-refractivity contribution in [2.75, 3.05) is 0 Å². The first-order chi connectivity index (χ1) is 11.2. The molecule has 3 aromatic carbocycles. The summed E-state index contributed by atoms with van der Waals surface area (Å²) in [5, 5.41) is 2.47. The van der Waals surface area contributed by atoms with Crippen LogP contribution >= 0.6 is 0 Å². The number of hydrogen-bond acceptors (Lipinski definition) is 1. The van der Waals surface area contributed by atoms with E-state index in [1.54, 1.807) is 0 Å². The summed E-state index contributed by atoms with van der Waals surface area (Å²) in [6.07, 6.45) is 1.55. The molecule has 0 aliphatic heterocycles. The summed E-state index contributed by atoms with van der Waals surface area (Å²) in [5.74, 6) is 0.436. The van der Waals surface area contributed by atoms with E-state index < -0.39 is 0 Å². The average Bonchev–Trinajstić information content (AvgIpc) is 2.61. The quantitative estimate of drug-likeness (QED) is 0.546. The number of fused-ring (bicyclic) bond motifs is 1. The third-order valence-electron chi connectivity index (χ3n) is 4.52. The highest BCUT2D eigenvalue weighted by Gasteiger charge is 2.13. The zero-order chi connectivity index (χ0) is 16.2. The van der Waals surface area contributed by atoms with Crippen molar-refractivity contribution < 1.29 is 4.79 Å². The van der Waals surface area contributed by atoms with Gasteiger partial charge in [0, 0.05) is 12.0 Å². The van der Waals surface area contributed by atoms with Crippen molar-refractivity contribution in [1.82, 2.24) is 0 Å². The van der Waals surface area contributed by atoms with Crippen molar-refractivity contribution in [3.8, 4) is 0 Å². The SMILES string of the molecule is CCc1ccc(C(=O)CC(C)c2ccc3ccccc3c2)cc1. The molecule has 0 aromatic heterocycles. The van der Waals surface area contributed by atoms with Gasteiger partial charge in [-0.1, -0.05) is 80.6 Å². The van der Waals surface area contributed by atoms with Crippen molar-refractivity contribution in [3.05, 3.63) is 83.4 Å². The number of benzene rings is 3. The maximum atomic E-state index is 12.5. The Balaban J connectivity index is 1.76. The maximum Gasteiger partial charge on any atom is 0.163 e. The van der Waals surface area contributed by atoms with Crippen LogP contribution in [0.5, 0.6) is 0 Å². The van der Waals surface area contributed by atoms with Gasteiger partial charge >= 0.3 is 0 Å². The van der Waals surface area contributed by atoms with Crippen LogP contribution in [0.15, 0.2) is 66.7 Å². The van der Waals surface area contributed by atoms with E-state index in [9.17, 15) is 4.79 Å². The normalized spacial score (nSPS) is 12.3. The molecule has 23 heavy (non-hydrogen) atoms. The number of ketones is 1. The van der Waals surface area contributed by atoms with Gasteiger partial charge in [0.25, 0.3) is 0 Å². The maximum absolute atomic E-state index is 12.5. The third-order valence-corrected chi connectivity index (χ3v) is 4.52. The first-order valence-corrected chi connectivity index (χ1v) is 8.28. The van der Waals surface area contributed by atoms with E-state index >= 15 is 0 Å². The van der Waals surface area contributed by atoms with Crippen LogP contribution < -0.4 is 0 Å². The van der Waals surface area contributed by atoms with Crippen molar-refractivity contribution in [2.45, 2.75) is 32.6 Å².